The molecule has 130 valence electrons. The first-order valence-corrected chi connectivity index (χ1v) is 8.02. The van der Waals surface area contributed by atoms with Gasteiger partial charge in [-0.05, 0) is 31.7 Å². The van der Waals surface area contributed by atoms with Gasteiger partial charge in [-0.3, -0.25) is 4.79 Å². The van der Waals surface area contributed by atoms with Crippen molar-refractivity contribution in [2.75, 3.05) is 13.1 Å². The fourth-order valence-electron chi connectivity index (χ4n) is 3.02. The van der Waals surface area contributed by atoms with Crippen LogP contribution < -0.4 is 5.73 Å². The molecule has 0 saturated carbocycles. The van der Waals surface area contributed by atoms with E-state index in [1.807, 2.05) is 42.2 Å². The molecule has 2 N–H and O–H groups in total. The molecule has 1 aliphatic heterocycles. The lowest BCUT2D eigenvalue weighted by atomic mass is 9.95. The predicted octanol–water partition coefficient (Wildman–Crippen LogP) is 2.08. The Hall–Kier alpha value is -1.92. The zero-order valence-electron chi connectivity index (χ0n) is 13.7. The fraction of sp³-hybridized carbons (Fsp3) is 0.471. The molecule has 6 nitrogen and oxygen atoms in total. The third-order valence-electron chi connectivity index (χ3n) is 4.31. The number of hydrogen-bond acceptors (Lipinski definition) is 5. The van der Waals surface area contributed by atoms with Gasteiger partial charge in [0, 0.05) is 19.0 Å². The highest BCUT2D eigenvalue weighted by molar-refractivity contribution is 5.85. The molecule has 1 aromatic heterocycles. The van der Waals surface area contributed by atoms with Crippen LogP contribution in [-0.2, 0) is 11.2 Å². The van der Waals surface area contributed by atoms with E-state index in [4.69, 9.17) is 10.3 Å². The van der Waals surface area contributed by atoms with Crippen molar-refractivity contribution in [3.63, 3.8) is 0 Å². The lowest BCUT2D eigenvalue weighted by Crippen LogP contribution is -2.47. The number of benzene rings is 1. The van der Waals surface area contributed by atoms with Gasteiger partial charge in [0.25, 0.3) is 0 Å². The van der Waals surface area contributed by atoms with Crippen LogP contribution in [0.25, 0.3) is 0 Å². The molecule has 2 heterocycles. The second-order valence-corrected chi connectivity index (χ2v) is 6.08. The first-order chi connectivity index (χ1) is 11.1. The SMILES string of the molecule is Cc1noc(C2CCN(C(=O)[C@@H](N)Cc3ccccc3)CC2)n1.Cl. The Labute approximate surface area is 147 Å². The summed E-state index contributed by atoms with van der Waals surface area (Å²) in [6.45, 7) is 3.19. The molecule has 0 spiro atoms. The Kier molecular flexibility index (Phi) is 6.34. The molecular weight excluding hydrogens is 328 g/mol. The minimum Gasteiger partial charge on any atom is -0.341 e. The number of piperidine rings is 1. The molecule has 24 heavy (non-hydrogen) atoms. The highest BCUT2D eigenvalue weighted by Gasteiger charge is 2.29. The molecule has 1 amide bonds. The van der Waals surface area contributed by atoms with Crippen LogP contribution >= 0.6 is 12.4 Å². The zero-order chi connectivity index (χ0) is 16.2. The van der Waals surface area contributed by atoms with Crippen molar-refractivity contribution in [1.82, 2.24) is 15.0 Å². The van der Waals surface area contributed by atoms with Crippen molar-refractivity contribution >= 4 is 18.3 Å². The minimum absolute atomic E-state index is 0. The molecule has 1 saturated heterocycles. The summed E-state index contributed by atoms with van der Waals surface area (Å²) in [6.07, 6.45) is 2.25. The molecule has 0 radical (unpaired) electrons. The number of halogens is 1. The lowest BCUT2D eigenvalue weighted by Gasteiger charge is -2.32. The Morgan fingerprint density at radius 2 is 2.00 bits per heavy atom. The van der Waals surface area contributed by atoms with E-state index in [1.165, 1.54) is 0 Å². The molecule has 1 atom stereocenters. The summed E-state index contributed by atoms with van der Waals surface area (Å²) in [5.74, 6) is 1.60. The van der Waals surface area contributed by atoms with Crippen LogP contribution in [-0.4, -0.2) is 40.1 Å². The number of aromatic nitrogens is 2. The number of rotatable bonds is 4. The number of amides is 1. The van der Waals surface area contributed by atoms with Gasteiger partial charge in [-0.1, -0.05) is 35.5 Å². The summed E-state index contributed by atoms with van der Waals surface area (Å²) in [5.41, 5.74) is 7.18. The highest BCUT2D eigenvalue weighted by Crippen LogP contribution is 2.27. The van der Waals surface area contributed by atoms with Crippen molar-refractivity contribution in [2.45, 2.75) is 38.1 Å². The number of likely N-dealkylation sites (tertiary alicyclic amines) is 1. The first kappa shape index (κ1) is 18.4. The summed E-state index contributed by atoms with van der Waals surface area (Å²) < 4.78 is 5.24. The van der Waals surface area contributed by atoms with Crippen LogP contribution in [0.4, 0.5) is 0 Å². The Morgan fingerprint density at radius 1 is 1.33 bits per heavy atom. The van der Waals surface area contributed by atoms with Crippen molar-refractivity contribution < 1.29 is 9.32 Å². The van der Waals surface area contributed by atoms with Crippen molar-refractivity contribution in [1.29, 1.82) is 0 Å². The topological polar surface area (TPSA) is 85.2 Å². The average Bonchev–Trinajstić information content (AvgIpc) is 3.02. The van der Waals surface area contributed by atoms with Gasteiger partial charge >= 0.3 is 0 Å². The molecule has 2 aromatic rings. The van der Waals surface area contributed by atoms with E-state index >= 15 is 0 Å². The Morgan fingerprint density at radius 3 is 2.58 bits per heavy atom. The van der Waals surface area contributed by atoms with Gasteiger partial charge in [-0.2, -0.15) is 4.98 Å². The second kappa shape index (κ2) is 8.26. The minimum atomic E-state index is -0.486. The van der Waals surface area contributed by atoms with Crippen molar-refractivity contribution in [2.24, 2.45) is 5.73 Å². The standard InChI is InChI=1S/C17H22N4O2.ClH/c1-12-19-16(23-20-12)14-7-9-21(10-8-14)17(22)15(18)11-13-5-3-2-4-6-13;/h2-6,14-15H,7-11,18H2,1H3;1H/t15-;/m0./s1. The van der Waals surface area contributed by atoms with Crippen LogP contribution in [0.3, 0.4) is 0 Å². The van der Waals surface area contributed by atoms with E-state index in [2.05, 4.69) is 10.1 Å². The number of hydrogen-bond donors (Lipinski definition) is 1. The highest BCUT2D eigenvalue weighted by atomic mass is 35.5. The maximum atomic E-state index is 12.5. The van der Waals surface area contributed by atoms with E-state index in [0.29, 0.717) is 31.2 Å². The van der Waals surface area contributed by atoms with Crippen LogP contribution in [0.15, 0.2) is 34.9 Å². The van der Waals surface area contributed by atoms with Gasteiger partial charge in [0.1, 0.15) is 0 Å². The van der Waals surface area contributed by atoms with Gasteiger partial charge in [-0.15, -0.1) is 12.4 Å². The molecule has 0 unspecified atom stereocenters. The molecule has 7 heteroatoms. The molecule has 0 aliphatic carbocycles. The van der Waals surface area contributed by atoms with E-state index < -0.39 is 6.04 Å². The third kappa shape index (κ3) is 4.33. The van der Waals surface area contributed by atoms with E-state index in [1.54, 1.807) is 0 Å². The van der Waals surface area contributed by atoms with E-state index in [9.17, 15) is 4.79 Å². The molecule has 1 aromatic carbocycles. The lowest BCUT2D eigenvalue weighted by molar-refractivity contribution is -0.133. The molecule has 0 bridgehead atoms. The van der Waals surface area contributed by atoms with Crippen LogP contribution in [0, 0.1) is 6.92 Å². The normalized spacial score (nSPS) is 16.5. The summed E-state index contributed by atoms with van der Waals surface area (Å²) in [5, 5.41) is 3.83. The number of nitrogens with two attached hydrogens (primary N) is 1. The Bertz CT molecular complexity index is 654. The molecule has 3 rings (SSSR count). The average molecular weight is 351 g/mol. The second-order valence-electron chi connectivity index (χ2n) is 6.08. The van der Waals surface area contributed by atoms with Gasteiger partial charge in [0.2, 0.25) is 11.8 Å². The van der Waals surface area contributed by atoms with Gasteiger partial charge in [0.05, 0.1) is 6.04 Å². The maximum Gasteiger partial charge on any atom is 0.239 e. The largest absolute Gasteiger partial charge is 0.341 e. The van der Waals surface area contributed by atoms with Crippen LogP contribution in [0.1, 0.15) is 36.0 Å². The van der Waals surface area contributed by atoms with Gasteiger partial charge < -0.3 is 15.2 Å². The third-order valence-corrected chi connectivity index (χ3v) is 4.31. The van der Waals surface area contributed by atoms with Gasteiger partial charge in [0.15, 0.2) is 5.82 Å². The molecule has 1 aliphatic rings. The number of carbonyl (C=O) groups is 1. The quantitative estimate of drug-likeness (QED) is 0.912. The van der Waals surface area contributed by atoms with Crippen LogP contribution in [0.5, 0.6) is 0 Å². The predicted molar refractivity (Wildman–Crippen MR) is 93.0 cm³/mol. The smallest absolute Gasteiger partial charge is 0.239 e. The Balaban J connectivity index is 0.00000208. The van der Waals surface area contributed by atoms with E-state index in [0.717, 1.165) is 18.4 Å². The number of carbonyl (C=O) groups excluding carboxylic acids is 1. The van der Waals surface area contributed by atoms with Gasteiger partial charge in [-0.25, -0.2) is 0 Å². The maximum absolute atomic E-state index is 12.5. The molecule has 1 fully saturated rings. The van der Waals surface area contributed by atoms with Crippen molar-refractivity contribution in [3.8, 4) is 0 Å². The summed E-state index contributed by atoms with van der Waals surface area (Å²) in [6, 6.07) is 9.39. The van der Waals surface area contributed by atoms with Crippen LogP contribution in [0.2, 0.25) is 0 Å². The fourth-order valence-corrected chi connectivity index (χ4v) is 3.02. The summed E-state index contributed by atoms with van der Waals surface area (Å²) >= 11 is 0. The summed E-state index contributed by atoms with van der Waals surface area (Å²) in [4.78, 5) is 18.6. The van der Waals surface area contributed by atoms with Crippen molar-refractivity contribution in [3.05, 3.63) is 47.6 Å². The first-order valence-electron chi connectivity index (χ1n) is 8.02. The van der Waals surface area contributed by atoms with E-state index in [-0.39, 0.29) is 24.2 Å². The number of nitrogens with zero attached hydrogens (tertiary/aromatic N) is 3. The molecular formula is C17H23ClN4O2. The zero-order valence-corrected chi connectivity index (χ0v) is 14.5. The number of aryl methyl sites for hydroxylation is 1. The monoisotopic (exact) mass is 350 g/mol. The summed E-state index contributed by atoms with van der Waals surface area (Å²) in [7, 11) is 0.